The average Bonchev–Trinajstić information content (AvgIpc) is 3.70. The van der Waals surface area contributed by atoms with Crippen LogP contribution in [0.3, 0.4) is 0 Å². The van der Waals surface area contributed by atoms with Crippen molar-refractivity contribution >= 4 is 199 Å². The van der Waals surface area contributed by atoms with Gasteiger partial charge in [-0.3, -0.25) is 0 Å². The van der Waals surface area contributed by atoms with Gasteiger partial charge in [0.2, 0.25) is 6.10 Å². The molecule has 1 unspecified atom stereocenters. The Bertz CT molecular complexity index is 3260. The summed E-state index contributed by atoms with van der Waals surface area (Å²) < 4.78 is 80.7. The minimum absolute atomic E-state index is 0.0146. The molecule has 9 aromatic rings. The van der Waals surface area contributed by atoms with Gasteiger partial charge in [0.15, 0.2) is 29.0 Å². The Morgan fingerprint density at radius 1 is 0.528 bits per heavy atom. The summed E-state index contributed by atoms with van der Waals surface area (Å²) in [7, 11) is -5.17. The first kappa shape index (κ1) is 58.6. The smallest absolute Gasteiger partial charge is 0.426 e. The predicted molar refractivity (Wildman–Crippen MR) is 330 cm³/mol. The lowest BCUT2D eigenvalue weighted by Crippen LogP contribution is -2.39. The molecule has 0 N–H and O–H groups in total. The highest BCUT2D eigenvalue weighted by molar-refractivity contribution is 14.1. The molecule has 9 rings (SSSR count). The maximum absolute atomic E-state index is 12.7. The molecule has 0 amide bonds. The van der Waals surface area contributed by atoms with Crippen molar-refractivity contribution in [1.29, 1.82) is 0 Å². The lowest BCUT2D eigenvalue weighted by molar-refractivity contribution is -0.255. The van der Waals surface area contributed by atoms with Gasteiger partial charge in [-0.15, -0.1) is 0 Å². The molecule has 0 bridgehead atoms. The van der Waals surface area contributed by atoms with E-state index in [4.69, 9.17) is 0 Å². The van der Waals surface area contributed by atoms with Crippen LogP contribution >= 0.6 is 146 Å². The predicted octanol–water partition coefficient (Wildman–Crippen LogP) is 15.5. The maximum Gasteiger partial charge on any atom is 0.426 e. The van der Waals surface area contributed by atoms with Crippen molar-refractivity contribution in [2.24, 2.45) is 0 Å². The van der Waals surface area contributed by atoms with Crippen LogP contribution in [0.25, 0.3) is 25.1 Å². The number of aromatic carboxylic acids is 1. The summed E-state index contributed by atoms with van der Waals surface area (Å²) in [6.45, 7) is 0. The van der Waals surface area contributed by atoms with Crippen molar-refractivity contribution in [3.05, 3.63) is 227 Å². The Morgan fingerprint density at radius 3 is 1.25 bits per heavy atom. The number of fused-ring (bicyclic) bond motifs is 3. The molecule has 19 heteroatoms. The van der Waals surface area contributed by atoms with Crippen molar-refractivity contribution in [3.8, 4) is 4.90 Å². The molecule has 1 aromatic heterocycles. The number of carbonyl (C=O) groups excluding carboxylic acids is 2. The number of hydrogen-bond acceptors (Lipinski definition) is 7. The summed E-state index contributed by atoms with van der Waals surface area (Å²) in [6, 6.07) is 67.4. The summed E-state index contributed by atoms with van der Waals surface area (Å²) in [5.41, 5.74) is 0.189. The van der Waals surface area contributed by atoms with E-state index in [1.807, 2.05) is 73.8 Å². The number of carboxylic acids is 1. The number of hydrogen-bond donors (Lipinski definition) is 0. The third kappa shape index (κ3) is 15.9. The van der Waals surface area contributed by atoms with Gasteiger partial charge in [-0.25, -0.2) is 13.2 Å². The van der Waals surface area contributed by atoms with E-state index in [1.165, 1.54) is 45.8 Å². The van der Waals surface area contributed by atoms with Crippen molar-refractivity contribution in [2.75, 3.05) is 5.75 Å². The Labute approximate surface area is 502 Å². The minimum atomic E-state index is -5.22. The molecule has 0 fully saturated rings. The highest BCUT2D eigenvalue weighted by atomic mass is 127. The molecular weight excluding hydrogens is 1660 g/mol. The second kappa shape index (κ2) is 27.4. The first-order valence-electron chi connectivity index (χ1n) is 20.8. The molecular formula is C53H35F3I6O7S3. The minimum Gasteiger partial charge on any atom is -0.748 e. The molecule has 370 valence electrons. The molecule has 0 aliphatic rings. The molecule has 0 spiro atoms. The normalized spacial score (nSPS) is 11.6. The van der Waals surface area contributed by atoms with Crippen LogP contribution in [-0.4, -0.2) is 42.9 Å². The van der Waals surface area contributed by atoms with Gasteiger partial charge in [-0.2, -0.15) is 13.2 Å². The quantitative estimate of drug-likeness (QED) is 0.0463. The SMILES string of the molecule is O=C(OC(CS(=O)(=O)[O-])C(F)(F)F)c1c(I)ccc(I)c1I.O=C([O-])c1c(I)ccc(I)c1I.c1ccc(-[s+]2c3ccccc3c3ccccc32)cc1.c1ccc([S+](c2ccccc2)c2ccccc2)cc1. The zero-order chi connectivity index (χ0) is 52.2. The van der Waals surface area contributed by atoms with Gasteiger partial charge in [0.25, 0.3) is 0 Å². The fourth-order valence-corrected chi connectivity index (χ4v) is 16.5. The van der Waals surface area contributed by atoms with Crippen LogP contribution in [0, 0.1) is 21.4 Å². The van der Waals surface area contributed by atoms with Gasteiger partial charge >= 0.3 is 12.1 Å². The lowest BCUT2D eigenvalue weighted by atomic mass is 10.2. The average molecular weight is 1700 g/mol. The molecule has 1 atom stereocenters. The molecule has 0 saturated carbocycles. The van der Waals surface area contributed by atoms with Crippen molar-refractivity contribution in [1.82, 2.24) is 0 Å². The molecule has 8 aromatic carbocycles. The van der Waals surface area contributed by atoms with Crippen LogP contribution in [0.15, 0.2) is 209 Å². The summed E-state index contributed by atoms with van der Waals surface area (Å²) in [5, 5.41) is 13.5. The van der Waals surface area contributed by atoms with Crippen LogP contribution in [0.4, 0.5) is 13.2 Å². The van der Waals surface area contributed by atoms with Crippen LogP contribution in [0.5, 0.6) is 0 Å². The van der Waals surface area contributed by atoms with E-state index < -0.39 is 40.1 Å². The Morgan fingerprint density at radius 2 is 0.875 bits per heavy atom. The maximum atomic E-state index is 12.7. The van der Waals surface area contributed by atoms with E-state index in [0.717, 1.165) is 10.7 Å². The van der Waals surface area contributed by atoms with Gasteiger partial charge in [0.1, 0.15) is 0 Å². The first-order chi connectivity index (χ1) is 34.3. The van der Waals surface area contributed by atoms with Crippen LogP contribution in [0.2, 0.25) is 0 Å². The summed E-state index contributed by atoms with van der Waals surface area (Å²) >= 11 is 11.5. The number of ether oxygens (including phenoxy) is 1. The highest BCUT2D eigenvalue weighted by Crippen LogP contribution is 2.48. The van der Waals surface area contributed by atoms with E-state index in [2.05, 4.69) is 197 Å². The van der Waals surface area contributed by atoms with E-state index in [0.29, 0.717) is 16.3 Å². The van der Waals surface area contributed by atoms with E-state index in [9.17, 15) is 40.8 Å². The Balaban J connectivity index is 0.000000160. The third-order valence-electron chi connectivity index (χ3n) is 9.89. The fourth-order valence-electron chi connectivity index (χ4n) is 6.74. The van der Waals surface area contributed by atoms with Gasteiger partial charge in [0.05, 0.1) is 38.3 Å². The number of alkyl halides is 3. The van der Waals surface area contributed by atoms with Gasteiger partial charge < -0.3 is 19.2 Å². The summed E-state index contributed by atoms with van der Waals surface area (Å²) in [4.78, 5) is 28.1. The standard InChI is InChI=1S/C18H13S.C18H15S.C10H6F3I3O5S.C7H3I3O2/c1-2-8-14(9-3-1)19-17-12-6-4-10-15(17)16-11-5-7-13-18(16)19;1-4-10-16(11-5-1)19(17-12-6-2-7-13-17)18-14-8-3-9-15-18;11-10(12,13)6(3-22(18,19)20)21-9(17)7-4(14)1-2-5(15)8(7)16;8-3-1-2-4(9)6(10)5(3)7(11)12/h1-13H;1-15H;1-2,6H,3H2,(H,18,19,20);1-2H,(H,11,12)/q2*+1;;/p-2. The summed E-state index contributed by atoms with van der Waals surface area (Å²) in [5.74, 6) is -4.31. The molecule has 72 heavy (non-hydrogen) atoms. The molecule has 1 heterocycles. The number of rotatable bonds is 9. The van der Waals surface area contributed by atoms with Crippen LogP contribution < -0.4 is 5.11 Å². The zero-order valence-corrected chi connectivity index (χ0v) is 52.1. The van der Waals surface area contributed by atoms with Crippen molar-refractivity contribution in [2.45, 2.75) is 27.0 Å². The largest absolute Gasteiger partial charge is 0.748 e. The van der Waals surface area contributed by atoms with Gasteiger partial charge in [-0.05, 0) is 233 Å². The molecule has 0 aliphatic heterocycles. The number of esters is 1. The van der Waals surface area contributed by atoms with Crippen molar-refractivity contribution in [3.63, 3.8) is 0 Å². The van der Waals surface area contributed by atoms with E-state index in [1.54, 1.807) is 57.3 Å². The molecule has 7 nitrogen and oxygen atoms in total. The molecule has 0 saturated heterocycles. The first-order valence-corrected chi connectivity index (χ1v) is 31.3. The Kier molecular flexibility index (Phi) is 22.3. The monoisotopic (exact) mass is 1700 g/mol. The van der Waals surface area contributed by atoms with E-state index >= 15 is 0 Å². The fraction of sp³-hybridized carbons (Fsp3) is 0.0566. The Hall–Kier alpha value is -2.65. The lowest BCUT2D eigenvalue weighted by Gasteiger charge is -2.22. The van der Waals surface area contributed by atoms with Gasteiger partial charge in [0, 0.05) is 48.2 Å². The molecule has 0 aliphatic carbocycles. The topological polar surface area (TPSA) is 124 Å². The number of thiophene rings is 1. The molecule has 0 radical (unpaired) electrons. The van der Waals surface area contributed by atoms with Crippen molar-refractivity contribution < 1.29 is 45.6 Å². The van der Waals surface area contributed by atoms with Crippen LogP contribution in [0.1, 0.15) is 20.7 Å². The number of carbonyl (C=O) groups is 2. The van der Waals surface area contributed by atoms with E-state index in [-0.39, 0.29) is 26.9 Å². The third-order valence-corrected chi connectivity index (χ3v) is 23.1. The number of carboxylic acid groups (broad SMARTS) is 1. The highest BCUT2D eigenvalue weighted by Gasteiger charge is 2.44. The zero-order valence-electron chi connectivity index (χ0n) is 36.7. The van der Waals surface area contributed by atoms with Crippen LogP contribution in [-0.2, 0) is 25.7 Å². The summed E-state index contributed by atoms with van der Waals surface area (Å²) in [6.07, 6.45) is -8.17. The second-order valence-electron chi connectivity index (χ2n) is 14.7. The second-order valence-corrected chi connectivity index (χ2v) is 27.0. The number of halogens is 9. The number of benzene rings is 8. The van der Waals surface area contributed by atoms with Gasteiger partial charge in [-0.1, -0.05) is 97.1 Å².